The van der Waals surface area contributed by atoms with E-state index in [0.717, 1.165) is 83.5 Å². The minimum absolute atomic E-state index is 0.0712. The van der Waals surface area contributed by atoms with E-state index >= 15 is 0 Å². The Bertz CT molecular complexity index is 1320. The molecule has 0 bridgehead atoms. The molecule has 0 aliphatic heterocycles. The van der Waals surface area contributed by atoms with Crippen molar-refractivity contribution in [1.29, 1.82) is 0 Å². The van der Waals surface area contributed by atoms with Crippen molar-refractivity contribution in [3.63, 3.8) is 0 Å². The maximum Gasteiger partial charge on any atom is 0.306 e. The molecule has 0 spiro atoms. The third kappa shape index (κ3) is 66.3. The number of carbonyl (C=O) groups excluding carboxylic acids is 3. The second kappa shape index (κ2) is 68.1. The molecule has 6 heteroatoms. The highest BCUT2D eigenvalue weighted by Crippen LogP contribution is 2.19. The monoisotopic (exact) mass is 1110 g/mol. The molecule has 79 heavy (non-hydrogen) atoms. The van der Waals surface area contributed by atoms with Crippen LogP contribution in [-0.4, -0.2) is 37.2 Å². The minimum atomic E-state index is -0.775. The van der Waals surface area contributed by atoms with E-state index in [-0.39, 0.29) is 31.1 Å². The molecule has 1 atom stereocenters. The summed E-state index contributed by atoms with van der Waals surface area (Å²) in [4.78, 5) is 38.4. The summed E-state index contributed by atoms with van der Waals surface area (Å²) in [6.45, 7) is 6.64. The topological polar surface area (TPSA) is 78.9 Å². The van der Waals surface area contributed by atoms with Crippen LogP contribution in [0.5, 0.6) is 0 Å². The quantitative estimate of drug-likeness (QED) is 0.0261. The summed E-state index contributed by atoms with van der Waals surface area (Å²) in [6.07, 6.45) is 84.7. The highest BCUT2D eigenvalue weighted by molar-refractivity contribution is 5.71. The molecule has 0 heterocycles. The Morgan fingerprint density at radius 2 is 0.481 bits per heavy atom. The first kappa shape index (κ1) is 76.6. The van der Waals surface area contributed by atoms with Gasteiger partial charge in [-0.3, -0.25) is 14.4 Å². The van der Waals surface area contributed by atoms with E-state index in [1.54, 1.807) is 0 Å². The smallest absolute Gasteiger partial charge is 0.306 e. The molecule has 0 aromatic rings. The zero-order valence-corrected chi connectivity index (χ0v) is 53.4. The number of hydrogen-bond donors (Lipinski definition) is 0. The first-order valence-electron chi connectivity index (χ1n) is 35.5. The lowest BCUT2D eigenvalue weighted by molar-refractivity contribution is -0.167. The Balaban J connectivity index is 4.17. The van der Waals surface area contributed by atoms with Crippen LogP contribution >= 0.6 is 0 Å². The molecule has 0 aliphatic carbocycles. The van der Waals surface area contributed by atoms with Crippen LogP contribution < -0.4 is 0 Å². The van der Waals surface area contributed by atoms with Gasteiger partial charge in [0.05, 0.1) is 0 Å². The molecular weight excluding hydrogens is 973 g/mol. The second-order valence-corrected chi connectivity index (χ2v) is 24.1. The fourth-order valence-corrected chi connectivity index (χ4v) is 10.8. The van der Waals surface area contributed by atoms with Gasteiger partial charge in [0.15, 0.2) is 6.10 Å². The van der Waals surface area contributed by atoms with E-state index in [9.17, 15) is 14.4 Å². The van der Waals surface area contributed by atoms with Crippen molar-refractivity contribution in [3.8, 4) is 0 Å². The number of unbranched alkanes of at least 4 members (excludes halogenated alkanes) is 49. The average molecular weight is 1110 g/mol. The van der Waals surface area contributed by atoms with Crippen molar-refractivity contribution in [2.45, 2.75) is 399 Å². The summed E-state index contributed by atoms with van der Waals surface area (Å²) in [7, 11) is 0. The molecule has 0 aromatic carbocycles. The predicted octanol–water partition coefficient (Wildman–Crippen LogP) is 24.3. The van der Waals surface area contributed by atoms with E-state index in [1.807, 2.05) is 0 Å². The van der Waals surface area contributed by atoms with Crippen molar-refractivity contribution in [2.24, 2.45) is 0 Å². The largest absolute Gasteiger partial charge is 0.462 e. The van der Waals surface area contributed by atoms with Crippen LogP contribution in [0.2, 0.25) is 0 Å². The van der Waals surface area contributed by atoms with Crippen LogP contribution in [0.1, 0.15) is 393 Å². The normalized spacial score (nSPS) is 12.2. The molecule has 6 nitrogen and oxygen atoms in total. The fraction of sp³-hybridized carbons (Fsp3) is 0.877. The Labute approximate surface area is 493 Å². The van der Waals surface area contributed by atoms with Crippen molar-refractivity contribution in [2.75, 3.05) is 13.2 Å². The molecule has 0 fully saturated rings. The molecule has 0 N–H and O–H groups in total. The molecule has 0 amide bonds. The maximum absolute atomic E-state index is 12.9. The van der Waals surface area contributed by atoms with Crippen LogP contribution in [0.4, 0.5) is 0 Å². The number of allylic oxidation sites excluding steroid dienone is 6. The van der Waals surface area contributed by atoms with Crippen LogP contribution in [0.3, 0.4) is 0 Å². The van der Waals surface area contributed by atoms with Crippen LogP contribution in [0, 0.1) is 0 Å². The average Bonchev–Trinajstić information content (AvgIpc) is 3.45. The number of esters is 3. The van der Waals surface area contributed by atoms with Gasteiger partial charge in [0, 0.05) is 19.3 Å². The van der Waals surface area contributed by atoms with Gasteiger partial charge in [-0.25, -0.2) is 0 Å². The summed E-state index contributed by atoms with van der Waals surface area (Å²) in [5.41, 5.74) is 0. The summed E-state index contributed by atoms with van der Waals surface area (Å²) in [5, 5.41) is 0. The van der Waals surface area contributed by atoms with E-state index < -0.39 is 6.10 Å². The first-order valence-corrected chi connectivity index (χ1v) is 35.5. The molecule has 0 aromatic heterocycles. The van der Waals surface area contributed by atoms with Crippen molar-refractivity contribution in [3.05, 3.63) is 36.5 Å². The number of carbonyl (C=O) groups is 3. The molecule has 0 radical (unpaired) electrons. The third-order valence-corrected chi connectivity index (χ3v) is 16.1. The van der Waals surface area contributed by atoms with Crippen molar-refractivity contribution >= 4 is 17.9 Å². The molecule has 1 unspecified atom stereocenters. The van der Waals surface area contributed by atoms with Gasteiger partial charge in [-0.1, -0.05) is 340 Å². The summed E-state index contributed by atoms with van der Waals surface area (Å²) >= 11 is 0. The highest BCUT2D eigenvalue weighted by atomic mass is 16.6. The number of rotatable bonds is 66. The van der Waals surface area contributed by atoms with Gasteiger partial charge < -0.3 is 14.2 Å². The molecular formula is C73H136O6. The van der Waals surface area contributed by atoms with Crippen LogP contribution in [-0.2, 0) is 28.6 Å². The van der Waals surface area contributed by atoms with Gasteiger partial charge in [-0.15, -0.1) is 0 Å². The highest BCUT2D eigenvalue weighted by Gasteiger charge is 2.19. The first-order chi connectivity index (χ1) is 39.0. The Morgan fingerprint density at radius 3 is 0.759 bits per heavy atom. The molecule has 464 valence electrons. The SMILES string of the molecule is CCC/C=C\C/C=C\CCCCCCCC(=O)OCC(COC(=O)CCCCCCCCCCCCCCCCCCC/C=C\CCCCCCCCCC)OC(=O)CCCCCCCCCCCCCCCCCCCCC. The van der Waals surface area contributed by atoms with E-state index in [1.165, 1.54) is 270 Å². The van der Waals surface area contributed by atoms with Gasteiger partial charge >= 0.3 is 17.9 Å². The number of hydrogen-bond acceptors (Lipinski definition) is 6. The summed E-state index contributed by atoms with van der Waals surface area (Å²) < 4.78 is 17.0. The van der Waals surface area contributed by atoms with E-state index in [4.69, 9.17) is 14.2 Å². The fourth-order valence-electron chi connectivity index (χ4n) is 10.8. The van der Waals surface area contributed by atoms with Gasteiger partial charge in [0.2, 0.25) is 0 Å². The lowest BCUT2D eigenvalue weighted by Crippen LogP contribution is -2.30. The van der Waals surface area contributed by atoms with Crippen LogP contribution in [0.25, 0.3) is 0 Å². The van der Waals surface area contributed by atoms with Gasteiger partial charge in [0.25, 0.3) is 0 Å². The molecule has 0 aliphatic rings. The second-order valence-electron chi connectivity index (χ2n) is 24.1. The van der Waals surface area contributed by atoms with Crippen molar-refractivity contribution in [1.82, 2.24) is 0 Å². The van der Waals surface area contributed by atoms with E-state index in [0.29, 0.717) is 19.3 Å². The third-order valence-electron chi connectivity index (χ3n) is 16.1. The molecule has 0 rings (SSSR count). The minimum Gasteiger partial charge on any atom is -0.462 e. The lowest BCUT2D eigenvalue weighted by atomic mass is 10.0. The maximum atomic E-state index is 12.9. The van der Waals surface area contributed by atoms with Crippen molar-refractivity contribution < 1.29 is 28.6 Å². The van der Waals surface area contributed by atoms with Gasteiger partial charge in [-0.2, -0.15) is 0 Å². The van der Waals surface area contributed by atoms with Crippen LogP contribution in [0.15, 0.2) is 36.5 Å². The lowest BCUT2D eigenvalue weighted by Gasteiger charge is -2.18. The van der Waals surface area contributed by atoms with Gasteiger partial charge in [0.1, 0.15) is 13.2 Å². The number of ether oxygens (including phenoxy) is 3. The van der Waals surface area contributed by atoms with E-state index in [2.05, 4.69) is 57.2 Å². The predicted molar refractivity (Wildman–Crippen MR) is 344 cm³/mol. The molecule has 0 saturated heterocycles. The van der Waals surface area contributed by atoms with Gasteiger partial charge in [-0.05, 0) is 70.6 Å². The zero-order valence-electron chi connectivity index (χ0n) is 53.4. The summed E-state index contributed by atoms with van der Waals surface area (Å²) in [5.74, 6) is -0.857. The Kier molecular flexibility index (Phi) is 66.1. The Morgan fingerprint density at radius 1 is 0.253 bits per heavy atom. The Hall–Kier alpha value is -2.37. The standard InChI is InChI=1S/C73H136O6/c1-4-7-10-13-16-19-22-25-27-29-31-32-33-34-35-36-37-38-39-40-42-43-45-48-51-54-57-60-63-66-72(75)78-69-70(68-77-71(74)65-62-59-56-53-50-47-24-21-18-15-12-9-6-3)79-73(76)67-64-61-58-55-52-49-46-44-41-30-28-26-23-20-17-14-11-8-5-2/h12,15,21,24,29,31,70H,4-11,13-14,16-20,22-23,25-28,30,32-69H2,1-3H3/b15-12-,24-21-,31-29-. The zero-order chi connectivity index (χ0) is 57.1. The summed E-state index contributed by atoms with van der Waals surface area (Å²) in [6, 6.07) is 0. The molecule has 0 saturated carbocycles.